The SMILES string of the molecule is O=S(=O)(Nc1nccs1)c1cc(Cl)c(OC2C[C@@H]3CC[C@@H](C2)N3)cc1F. The second-order valence-electron chi connectivity index (χ2n) is 6.50. The average Bonchev–Trinajstić information content (AvgIpc) is 3.19. The molecule has 0 aliphatic carbocycles. The Morgan fingerprint density at radius 3 is 2.69 bits per heavy atom. The van der Waals surface area contributed by atoms with Crippen LogP contribution < -0.4 is 14.8 Å². The molecule has 1 aromatic carbocycles. The fraction of sp³-hybridized carbons (Fsp3) is 0.438. The van der Waals surface area contributed by atoms with Gasteiger partial charge in [-0.25, -0.2) is 17.8 Å². The highest BCUT2D eigenvalue weighted by molar-refractivity contribution is 7.93. The number of halogens is 2. The number of nitrogens with one attached hydrogen (secondary N) is 2. The largest absolute Gasteiger partial charge is 0.489 e. The second kappa shape index (κ2) is 6.95. The third-order valence-electron chi connectivity index (χ3n) is 4.65. The van der Waals surface area contributed by atoms with Gasteiger partial charge < -0.3 is 10.1 Å². The maximum Gasteiger partial charge on any atom is 0.266 e. The molecule has 2 N–H and O–H groups in total. The lowest BCUT2D eigenvalue weighted by atomic mass is 10.0. The molecule has 2 aliphatic heterocycles. The highest BCUT2D eigenvalue weighted by atomic mass is 35.5. The summed E-state index contributed by atoms with van der Waals surface area (Å²) in [7, 11) is -4.12. The number of aromatic nitrogens is 1. The lowest BCUT2D eigenvalue weighted by Gasteiger charge is -2.29. The maximum atomic E-state index is 14.5. The van der Waals surface area contributed by atoms with E-state index in [0.717, 1.165) is 49.2 Å². The lowest BCUT2D eigenvalue weighted by Crippen LogP contribution is -2.42. The van der Waals surface area contributed by atoms with E-state index in [1.807, 2.05) is 0 Å². The summed E-state index contributed by atoms with van der Waals surface area (Å²) in [6, 6.07) is 2.97. The summed E-state index contributed by atoms with van der Waals surface area (Å²) < 4.78 is 47.4. The number of fused-ring (bicyclic) bond motifs is 2. The topological polar surface area (TPSA) is 80.3 Å². The number of nitrogens with zero attached hydrogens (tertiary/aromatic N) is 1. The summed E-state index contributed by atoms with van der Waals surface area (Å²) in [5, 5.41) is 5.34. The Balaban J connectivity index is 1.55. The van der Waals surface area contributed by atoms with Crippen molar-refractivity contribution in [3.63, 3.8) is 0 Å². The molecule has 6 nitrogen and oxygen atoms in total. The molecule has 2 saturated heterocycles. The Bertz CT molecular complexity index is 896. The van der Waals surface area contributed by atoms with E-state index in [9.17, 15) is 12.8 Å². The van der Waals surface area contributed by atoms with Crippen molar-refractivity contribution < 1.29 is 17.5 Å². The van der Waals surface area contributed by atoms with E-state index in [-0.39, 0.29) is 22.0 Å². The van der Waals surface area contributed by atoms with E-state index in [2.05, 4.69) is 15.0 Å². The van der Waals surface area contributed by atoms with E-state index in [0.29, 0.717) is 12.1 Å². The standard InChI is InChI=1S/C16H17ClFN3O3S2/c17-12-7-15(26(22,23)21-16-19-3-4-25-16)13(18)8-14(12)24-11-5-9-1-2-10(6-11)20-9/h3-4,7-11,20H,1-2,5-6H2,(H,19,21)/t9-,10-/m0/s1. The van der Waals surface area contributed by atoms with Crippen LogP contribution in [0.15, 0.2) is 28.6 Å². The summed E-state index contributed by atoms with van der Waals surface area (Å²) in [6.07, 6.45) is 5.30. The van der Waals surface area contributed by atoms with Crippen LogP contribution in [0.4, 0.5) is 9.52 Å². The summed E-state index contributed by atoms with van der Waals surface area (Å²) in [5.41, 5.74) is 0. The van der Waals surface area contributed by atoms with Crippen molar-refractivity contribution in [3.05, 3.63) is 34.5 Å². The van der Waals surface area contributed by atoms with E-state index >= 15 is 0 Å². The van der Waals surface area contributed by atoms with Crippen LogP contribution in [0, 0.1) is 5.82 Å². The monoisotopic (exact) mass is 417 g/mol. The minimum absolute atomic E-state index is 0.0541. The van der Waals surface area contributed by atoms with Gasteiger partial charge in [0.05, 0.1) is 5.02 Å². The van der Waals surface area contributed by atoms with Gasteiger partial charge in [0, 0.05) is 29.7 Å². The molecule has 140 valence electrons. The first-order valence-corrected chi connectivity index (χ1v) is 11.0. The molecule has 2 aromatic rings. The molecule has 0 spiro atoms. The Labute approximate surface area is 159 Å². The Morgan fingerprint density at radius 2 is 2.04 bits per heavy atom. The lowest BCUT2D eigenvalue weighted by molar-refractivity contribution is 0.137. The van der Waals surface area contributed by atoms with Crippen molar-refractivity contribution in [2.45, 2.75) is 48.8 Å². The first-order valence-electron chi connectivity index (χ1n) is 8.25. The molecule has 4 rings (SSSR count). The van der Waals surface area contributed by atoms with Crippen LogP contribution in [-0.2, 0) is 10.0 Å². The number of rotatable bonds is 5. The summed E-state index contributed by atoms with van der Waals surface area (Å²) >= 11 is 7.28. The van der Waals surface area contributed by atoms with Gasteiger partial charge in [-0.05, 0) is 31.7 Å². The predicted molar refractivity (Wildman–Crippen MR) is 97.9 cm³/mol. The number of ether oxygens (including phenoxy) is 1. The Hall–Kier alpha value is -1.42. The first kappa shape index (κ1) is 18.0. The molecule has 0 saturated carbocycles. The molecule has 0 unspecified atom stereocenters. The zero-order chi connectivity index (χ0) is 18.3. The molecule has 26 heavy (non-hydrogen) atoms. The van der Waals surface area contributed by atoms with Crippen molar-refractivity contribution in [1.29, 1.82) is 0 Å². The third-order valence-corrected chi connectivity index (χ3v) is 7.12. The van der Waals surface area contributed by atoms with Gasteiger partial charge in [0.2, 0.25) is 0 Å². The molecule has 2 fully saturated rings. The quantitative estimate of drug-likeness (QED) is 0.779. The van der Waals surface area contributed by atoms with E-state index in [1.54, 1.807) is 5.38 Å². The number of hydrogen-bond donors (Lipinski definition) is 2. The van der Waals surface area contributed by atoms with Gasteiger partial charge in [-0.1, -0.05) is 11.6 Å². The van der Waals surface area contributed by atoms with Crippen LogP contribution in [0.2, 0.25) is 5.02 Å². The number of thiazole rings is 1. The van der Waals surface area contributed by atoms with Crippen LogP contribution in [0.5, 0.6) is 5.75 Å². The fourth-order valence-electron chi connectivity index (χ4n) is 3.53. The van der Waals surface area contributed by atoms with Crippen LogP contribution in [0.1, 0.15) is 25.7 Å². The molecule has 3 heterocycles. The first-order chi connectivity index (χ1) is 12.4. The summed E-state index contributed by atoms with van der Waals surface area (Å²) in [4.78, 5) is 3.30. The van der Waals surface area contributed by atoms with Crippen molar-refractivity contribution in [2.24, 2.45) is 0 Å². The Kier molecular flexibility index (Phi) is 4.81. The van der Waals surface area contributed by atoms with Crippen LogP contribution in [-0.4, -0.2) is 31.6 Å². The van der Waals surface area contributed by atoms with E-state index in [1.165, 1.54) is 6.20 Å². The van der Waals surface area contributed by atoms with Gasteiger partial charge in [0.25, 0.3) is 10.0 Å². The molecule has 2 bridgehead atoms. The van der Waals surface area contributed by atoms with Crippen molar-refractivity contribution in [2.75, 3.05) is 4.72 Å². The number of sulfonamides is 1. The molecule has 1 aromatic heterocycles. The van der Waals surface area contributed by atoms with Gasteiger partial charge in [-0.3, -0.25) is 4.72 Å². The normalized spacial score (nSPS) is 25.2. The molecule has 2 aliphatic rings. The molecule has 2 atom stereocenters. The molecular formula is C16H17ClFN3O3S2. The zero-order valence-electron chi connectivity index (χ0n) is 13.6. The summed E-state index contributed by atoms with van der Waals surface area (Å²) in [6.45, 7) is 0. The number of anilines is 1. The zero-order valence-corrected chi connectivity index (χ0v) is 16.0. The van der Waals surface area contributed by atoms with Crippen molar-refractivity contribution >= 4 is 38.1 Å². The average molecular weight is 418 g/mol. The number of benzene rings is 1. The molecule has 10 heteroatoms. The predicted octanol–water partition coefficient (Wildman–Crippen LogP) is 3.40. The van der Waals surface area contributed by atoms with Crippen LogP contribution in [0.3, 0.4) is 0 Å². The van der Waals surface area contributed by atoms with Crippen molar-refractivity contribution in [1.82, 2.24) is 10.3 Å². The van der Waals surface area contributed by atoms with Gasteiger partial charge in [0.1, 0.15) is 22.6 Å². The van der Waals surface area contributed by atoms with E-state index < -0.39 is 20.7 Å². The highest BCUT2D eigenvalue weighted by Crippen LogP contribution is 2.35. The number of hydrogen-bond acceptors (Lipinski definition) is 6. The molecule has 0 amide bonds. The van der Waals surface area contributed by atoms with Gasteiger partial charge in [-0.15, -0.1) is 11.3 Å². The second-order valence-corrected chi connectivity index (χ2v) is 9.46. The van der Waals surface area contributed by atoms with E-state index in [4.69, 9.17) is 16.3 Å². The summed E-state index contributed by atoms with van der Waals surface area (Å²) in [5.74, 6) is -0.742. The minimum atomic E-state index is -4.12. The Morgan fingerprint density at radius 1 is 1.31 bits per heavy atom. The van der Waals surface area contributed by atoms with Crippen LogP contribution >= 0.6 is 22.9 Å². The van der Waals surface area contributed by atoms with Gasteiger partial charge in [0.15, 0.2) is 5.13 Å². The third kappa shape index (κ3) is 3.66. The van der Waals surface area contributed by atoms with Gasteiger partial charge >= 0.3 is 0 Å². The van der Waals surface area contributed by atoms with Crippen LogP contribution in [0.25, 0.3) is 0 Å². The minimum Gasteiger partial charge on any atom is -0.489 e. The highest BCUT2D eigenvalue weighted by Gasteiger charge is 2.35. The van der Waals surface area contributed by atoms with Crippen molar-refractivity contribution in [3.8, 4) is 5.75 Å². The smallest absolute Gasteiger partial charge is 0.266 e. The maximum absolute atomic E-state index is 14.5. The molecular weight excluding hydrogens is 401 g/mol. The fourth-order valence-corrected chi connectivity index (χ4v) is 5.68. The molecule has 0 radical (unpaired) electrons. The number of piperidine rings is 1. The van der Waals surface area contributed by atoms with Gasteiger partial charge in [-0.2, -0.15) is 0 Å².